The molecule has 2 aromatic heterocycles. The van der Waals surface area contributed by atoms with E-state index in [1.54, 1.807) is 12.1 Å². The molecule has 0 fully saturated rings. The molecule has 0 unspecified atom stereocenters. The van der Waals surface area contributed by atoms with Crippen LogP contribution in [0.25, 0.3) is 33.4 Å². The molecule has 5 aromatic rings. The molecule has 3 aromatic carbocycles. The Morgan fingerprint density at radius 2 is 1.53 bits per heavy atom. The molecule has 0 radical (unpaired) electrons. The van der Waals surface area contributed by atoms with Crippen molar-refractivity contribution in [3.8, 4) is 22.5 Å². The number of carbonyl (C=O) groups excluding carboxylic acids is 1. The Bertz CT molecular complexity index is 1600. The average Bonchev–Trinajstić information content (AvgIpc) is 2.90. The molecule has 36 heavy (non-hydrogen) atoms. The van der Waals surface area contributed by atoms with Crippen LogP contribution in [0.2, 0.25) is 5.15 Å². The van der Waals surface area contributed by atoms with Gasteiger partial charge in [-0.05, 0) is 37.6 Å². The van der Waals surface area contributed by atoms with Crippen molar-refractivity contribution in [2.75, 3.05) is 0 Å². The number of hydrogen-bond acceptors (Lipinski definition) is 4. The van der Waals surface area contributed by atoms with E-state index in [1.165, 1.54) is 6.21 Å². The molecule has 0 aliphatic carbocycles. The van der Waals surface area contributed by atoms with Gasteiger partial charge in [0.1, 0.15) is 5.15 Å². The summed E-state index contributed by atoms with van der Waals surface area (Å²) in [6, 6.07) is 29.2. The molecule has 0 atom stereocenters. The molecule has 5 nitrogen and oxygen atoms in total. The number of nitrogens with one attached hydrogen (secondary N) is 1. The molecule has 0 saturated carbocycles. The lowest BCUT2D eigenvalue weighted by Crippen LogP contribution is -2.18. The predicted octanol–water partition coefficient (Wildman–Crippen LogP) is 7.00. The zero-order valence-electron chi connectivity index (χ0n) is 19.9. The van der Waals surface area contributed by atoms with Gasteiger partial charge in [-0.15, -0.1) is 0 Å². The summed E-state index contributed by atoms with van der Waals surface area (Å²) in [6.07, 6.45) is 1.51. The zero-order valence-corrected chi connectivity index (χ0v) is 20.6. The summed E-state index contributed by atoms with van der Waals surface area (Å²) in [5.41, 5.74) is 10.0. The highest BCUT2D eigenvalue weighted by Gasteiger charge is 2.13. The van der Waals surface area contributed by atoms with Gasteiger partial charge in [-0.2, -0.15) is 5.10 Å². The molecular weight excluding hydrogens is 468 g/mol. The largest absolute Gasteiger partial charge is 0.271 e. The lowest BCUT2D eigenvalue weighted by Gasteiger charge is -2.09. The predicted molar refractivity (Wildman–Crippen MR) is 146 cm³/mol. The van der Waals surface area contributed by atoms with E-state index >= 15 is 0 Å². The zero-order chi connectivity index (χ0) is 25.1. The van der Waals surface area contributed by atoms with Gasteiger partial charge in [0.05, 0.1) is 23.1 Å². The third-order valence-corrected chi connectivity index (χ3v) is 6.21. The third-order valence-electron chi connectivity index (χ3n) is 5.90. The maximum absolute atomic E-state index is 13.1. The van der Waals surface area contributed by atoms with Gasteiger partial charge >= 0.3 is 0 Å². The second-order valence-electron chi connectivity index (χ2n) is 8.57. The van der Waals surface area contributed by atoms with Crippen LogP contribution in [0.1, 0.15) is 27.0 Å². The normalized spacial score (nSPS) is 11.2. The van der Waals surface area contributed by atoms with Crippen LogP contribution in [0.15, 0.2) is 96.1 Å². The fourth-order valence-corrected chi connectivity index (χ4v) is 4.13. The van der Waals surface area contributed by atoms with Crippen molar-refractivity contribution in [1.82, 2.24) is 15.4 Å². The molecule has 5 rings (SSSR count). The number of amides is 1. The Hall–Kier alpha value is -4.35. The van der Waals surface area contributed by atoms with Crippen molar-refractivity contribution in [1.29, 1.82) is 0 Å². The molecule has 0 aliphatic heterocycles. The average molecular weight is 491 g/mol. The van der Waals surface area contributed by atoms with Crippen LogP contribution < -0.4 is 5.43 Å². The minimum Gasteiger partial charge on any atom is -0.267 e. The fourth-order valence-electron chi connectivity index (χ4n) is 3.95. The smallest absolute Gasteiger partial charge is 0.267 e. The van der Waals surface area contributed by atoms with E-state index < -0.39 is 0 Å². The Kier molecular flexibility index (Phi) is 6.56. The topological polar surface area (TPSA) is 67.2 Å². The first-order valence-electron chi connectivity index (χ1n) is 11.5. The molecule has 176 valence electrons. The first kappa shape index (κ1) is 23.4. The van der Waals surface area contributed by atoms with Crippen LogP contribution in [0.4, 0.5) is 0 Å². The van der Waals surface area contributed by atoms with Gasteiger partial charge in [0.2, 0.25) is 0 Å². The first-order chi connectivity index (χ1) is 17.5. The maximum atomic E-state index is 13.1. The molecule has 1 N–H and O–H groups in total. The second kappa shape index (κ2) is 10.1. The number of hydrogen-bond donors (Lipinski definition) is 1. The van der Waals surface area contributed by atoms with Gasteiger partial charge in [0.25, 0.3) is 5.91 Å². The Morgan fingerprint density at radius 3 is 2.25 bits per heavy atom. The molecule has 2 heterocycles. The molecule has 0 bridgehead atoms. The van der Waals surface area contributed by atoms with E-state index in [2.05, 4.69) is 15.5 Å². The standard InChI is InChI=1S/C30H23ClN4O/c1-19-11-13-22(14-12-19)27-17-24(16-26(33-27)21-8-4-3-5-9-21)30(36)35-32-18-25-15-23-10-6-7-20(2)28(23)34-29(25)31/h3-18H,1-2H3,(H,35,36)/b32-18+. The first-order valence-corrected chi connectivity index (χ1v) is 11.9. The van der Waals surface area contributed by atoms with E-state index in [9.17, 15) is 4.79 Å². The highest BCUT2D eigenvalue weighted by Crippen LogP contribution is 2.25. The number of para-hydroxylation sites is 1. The number of pyridine rings is 2. The number of fused-ring (bicyclic) bond motifs is 1. The van der Waals surface area contributed by atoms with Crippen molar-refractivity contribution in [2.45, 2.75) is 13.8 Å². The minimum atomic E-state index is -0.347. The SMILES string of the molecule is Cc1ccc(-c2cc(C(=O)N/N=C/c3cc4cccc(C)c4nc3Cl)cc(-c3ccccc3)n2)cc1. The summed E-state index contributed by atoms with van der Waals surface area (Å²) in [6.45, 7) is 4.02. The molecule has 0 saturated heterocycles. The van der Waals surface area contributed by atoms with E-state index in [-0.39, 0.29) is 5.91 Å². The Labute approximate surface area is 214 Å². The number of aryl methyl sites for hydroxylation is 2. The number of aromatic nitrogens is 2. The summed E-state index contributed by atoms with van der Waals surface area (Å²) in [5.74, 6) is -0.347. The van der Waals surface area contributed by atoms with E-state index in [1.807, 2.05) is 92.7 Å². The fraction of sp³-hybridized carbons (Fsp3) is 0.0667. The van der Waals surface area contributed by atoms with Crippen LogP contribution in [0.5, 0.6) is 0 Å². The summed E-state index contributed by atoms with van der Waals surface area (Å²) in [4.78, 5) is 22.4. The van der Waals surface area contributed by atoms with E-state index in [4.69, 9.17) is 16.6 Å². The van der Waals surface area contributed by atoms with Crippen LogP contribution in [-0.2, 0) is 0 Å². The summed E-state index contributed by atoms with van der Waals surface area (Å²) < 4.78 is 0. The Morgan fingerprint density at radius 1 is 0.833 bits per heavy atom. The summed E-state index contributed by atoms with van der Waals surface area (Å²) in [7, 11) is 0. The van der Waals surface area contributed by atoms with Crippen molar-refractivity contribution < 1.29 is 4.79 Å². The minimum absolute atomic E-state index is 0.326. The molecule has 0 spiro atoms. The number of carbonyl (C=O) groups is 1. The van der Waals surface area contributed by atoms with Crippen LogP contribution in [0.3, 0.4) is 0 Å². The van der Waals surface area contributed by atoms with Crippen molar-refractivity contribution in [3.63, 3.8) is 0 Å². The van der Waals surface area contributed by atoms with Crippen molar-refractivity contribution in [2.24, 2.45) is 5.10 Å². The number of halogens is 1. The van der Waals surface area contributed by atoms with Gasteiger partial charge in [0.15, 0.2) is 0 Å². The van der Waals surface area contributed by atoms with Gasteiger partial charge in [-0.1, -0.05) is 90.0 Å². The molecule has 0 aliphatic rings. The van der Waals surface area contributed by atoms with E-state index in [0.717, 1.165) is 33.2 Å². The van der Waals surface area contributed by atoms with Gasteiger partial charge in [0, 0.05) is 27.6 Å². The van der Waals surface area contributed by atoms with Crippen molar-refractivity contribution >= 4 is 34.6 Å². The van der Waals surface area contributed by atoms with Crippen molar-refractivity contribution in [3.05, 3.63) is 118 Å². The van der Waals surface area contributed by atoms with Gasteiger partial charge < -0.3 is 0 Å². The second-order valence-corrected chi connectivity index (χ2v) is 8.93. The molecular formula is C30H23ClN4O. The lowest BCUT2D eigenvalue weighted by atomic mass is 10.0. The number of hydrazone groups is 1. The molecule has 6 heteroatoms. The maximum Gasteiger partial charge on any atom is 0.271 e. The van der Waals surface area contributed by atoms with Gasteiger partial charge in [-0.3, -0.25) is 4.79 Å². The van der Waals surface area contributed by atoms with Crippen LogP contribution in [0, 0.1) is 13.8 Å². The highest BCUT2D eigenvalue weighted by atomic mass is 35.5. The number of benzene rings is 3. The highest BCUT2D eigenvalue weighted by molar-refractivity contribution is 6.32. The summed E-state index contributed by atoms with van der Waals surface area (Å²) in [5, 5.41) is 5.44. The third kappa shape index (κ3) is 5.02. The number of nitrogens with zero attached hydrogens (tertiary/aromatic N) is 3. The Balaban J connectivity index is 1.45. The number of rotatable bonds is 5. The monoisotopic (exact) mass is 490 g/mol. The lowest BCUT2D eigenvalue weighted by molar-refractivity contribution is 0.0955. The van der Waals surface area contributed by atoms with Crippen LogP contribution in [-0.4, -0.2) is 22.1 Å². The summed E-state index contributed by atoms with van der Waals surface area (Å²) >= 11 is 6.37. The quantitative estimate of drug-likeness (QED) is 0.164. The van der Waals surface area contributed by atoms with Crippen LogP contribution >= 0.6 is 11.6 Å². The van der Waals surface area contributed by atoms with Gasteiger partial charge in [-0.25, -0.2) is 15.4 Å². The molecule has 1 amide bonds. The van der Waals surface area contributed by atoms with E-state index in [0.29, 0.717) is 27.7 Å².